The third-order valence-electron chi connectivity index (χ3n) is 4.75. The highest BCUT2D eigenvalue weighted by molar-refractivity contribution is 6.31. The van der Waals surface area contributed by atoms with Crippen molar-refractivity contribution in [2.45, 2.75) is 39.0 Å². The van der Waals surface area contributed by atoms with Crippen molar-refractivity contribution in [3.63, 3.8) is 0 Å². The molecule has 0 amide bonds. The number of carbonyl (C=O) groups excluding carboxylic acids is 1. The zero-order valence-corrected chi connectivity index (χ0v) is 16.9. The topological polar surface area (TPSA) is 91.0 Å². The van der Waals surface area contributed by atoms with Crippen LogP contribution in [0.15, 0.2) is 59.3 Å². The molecule has 2 aromatic carbocycles. The first-order chi connectivity index (χ1) is 14.6. The van der Waals surface area contributed by atoms with Gasteiger partial charge < -0.3 is 9.57 Å². The van der Waals surface area contributed by atoms with Crippen molar-refractivity contribution in [1.29, 1.82) is 0 Å². The van der Waals surface area contributed by atoms with E-state index in [1.165, 1.54) is 31.4 Å². The Bertz CT molecular complexity index is 981. The van der Waals surface area contributed by atoms with Gasteiger partial charge in [-0.1, -0.05) is 68.1 Å². The van der Waals surface area contributed by atoms with Crippen molar-refractivity contribution in [2.24, 2.45) is 5.16 Å². The predicted molar refractivity (Wildman–Crippen MR) is 114 cm³/mol. The van der Waals surface area contributed by atoms with Crippen molar-refractivity contribution in [2.75, 3.05) is 6.61 Å². The van der Waals surface area contributed by atoms with E-state index in [1.54, 1.807) is 18.2 Å². The molecule has 0 fully saturated rings. The van der Waals surface area contributed by atoms with E-state index in [1.807, 2.05) is 24.3 Å². The van der Waals surface area contributed by atoms with E-state index >= 15 is 0 Å². The molecule has 1 aliphatic rings. The number of nitro groups is 1. The molecule has 1 aliphatic heterocycles. The second kappa shape index (κ2) is 10.3. The fraction of sp³-hybridized carbons (Fsp3) is 0.304. The quantitative estimate of drug-likeness (QED) is 0.175. The van der Waals surface area contributed by atoms with E-state index in [9.17, 15) is 14.9 Å². The molecule has 1 heterocycles. The first-order valence-corrected chi connectivity index (χ1v) is 10.1. The summed E-state index contributed by atoms with van der Waals surface area (Å²) in [5, 5.41) is 14.9. The lowest BCUT2D eigenvalue weighted by Gasteiger charge is -2.10. The summed E-state index contributed by atoms with van der Waals surface area (Å²) in [5.74, 6) is 0.0597. The summed E-state index contributed by atoms with van der Waals surface area (Å²) < 4.78 is 5.93. The normalized spacial score (nSPS) is 14.5. The summed E-state index contributed by atoms with van der Waals surface area (Å²) >= 11 is 0. The van der Waals surface area contributed by atoms with Crippen molar-refractivity contribution in [3.05, 3.63) is 75.3 Å². The number of benzene rings is 2. The average Bonchev–Trinajstić information content (AvgIpc) is 3.12. The van der Waals surface area contributed by atoms with Gasteiger partial charge in [-0.3, -0.25) is 10.1 Å². The minimum absolute atomic E-state index is 0.0827. The highest BCUT2D eigenvalue weighted by atomic mass is 16.7. The van der Waals surface area contributed by atoms with Crippen molar-refractivity contribution in [1.82, 2.24) is 0 Å². The molecule has 0 N–H and O–H groups in total. The lowest BCUT2D eigenvalue weighted by Crippen LogP contribution is -2.07. The molecule has 0 unspecified atom stereocenters. The van der Waals surface area contributed by atoms with Crippen molar-refractivity contribution in [3.8, 4) is 5.75 Å². The van der Waals surface area contributed by atoms with Crippen LogP contribution in [0, 0.1) is 10.1 Å². The maximum absolute atomic E-state index is 12.3. The van der Waals surface area contributed by atoms with Gasteiger partial charge in [0.2, 0.25) is 0 Å². The number of nitro benzene ring substituents is 1. The number of ether oxygens (including phenoxy) is 1. The molecule has 0 radical (unpaired) electrons. The summed E-state index contributed by atoms with van der Waals surface area (Å²) in [6.07, 6.45) is 7.35. The monoisotopic (exact) mass is 408 g/mol. The zero-order valence-electron chi connectivity index (χ0n) is 16.9. The van der Waals surface area contributed by atoms with Crippen LogP contribution < -0.4 is 4.74 Å². The number of hydrogen-bond acceptors (Lipinski definition) is 6. The van der Waals surface area contributed by atoms with Gasteiger partial charge in [0.15, 0.2) is 0 Å². The fourth-order valence-electron chi connectivity index (χ4n) is 3.16. The van der Waals surface area contributed by atoms with E-state index < -0.39 is 10.9 Å². The van der Waals surface area contributed by atoms with Gasteiger partial charge in [0.05, 0.1) is 17.1 Å². The summed E-state index contributed by atoms with van der Waals surface area (Å²) in [5.41, 5.74) is 1.57. The molecule has 0 spiro atoms. The second-order valence-electron chi connectivity index (χ2n) is 6.98. The Kier molecular flexibility index (Phi) is 7.32. The Morgan fingerprint density at radius 2 is 1.90 bits per heavy atom. The largest absolute Gasteiger partial charge is 0.493 e. The highest BCUT2D eigenvalue weighted by Crippen LogP contribution is 2.27. The number of unbranched alkanes of at least 4 members (excludes halogenated alkanes) is 4. The number of hydrogen-bond donors (Lipinski definition) is 0. The second-order valence-corrected chi connectivity index (χ2v) is 6.98. The van der Waals surface area contributed by atoms with E-state index in [-0.39, 0.29) is 17.0 Å². The van der Waals surface area contributed by atoms with Gasteiger partial charge in [0, 0.05) is 23.3 Å². The molecule has 7 heteroatoms. The van der Waals surface area contributed by atoms with E-state index in [0.717, 1.165) is 18.4 Å². The maximum atomic E-state index is 12.3. The smallest absolute Gasteiger partial charge is 0.368 e. The molecular weight excluding hydrogens is 384 g/mol. The molecule has 0 bridgehead atoms. The Morgan fingerprint density at radius 3 is 2.70 bits per heavy atom. The summed E-state index contributed by atoms with van der Waals surface area (Å²) in [6, 6.07) is 13.4. The molecule has 0 atom stereocenters. The average molecular weight is 408 g/mol. The van der Waals surface area contributed by atoms with Gasteiger partial charge in [0.1, 0.15) is 11.5 Å². The SMILES string of the molecule is CCCCCCCOc1ccccc1C=C1C(=O)ON=C1c1cccc([N+](=O)[O-])c1. The molecule has 2 aromatic rings. The zero-order chi connectivity index (χ0) is 21.3. The lowest BCUT2D eigenvalue weighted by molar-refractivity contribution is -0.384. The van der Waals surface area contributed by atoms with Crippen LogP contribution in [0.1, 0.15) is 50.2 Å². The minimum atomic E-state index is -0.606. The Balaban J connectivity index is 1.80. The van der Waals surface area contributed by atoms with E-state index in [4.69, 9.17) is 9.57 Å². The summed E-state index contributed by atoms with van der Waals surface area (Å²) in [6.45, 7) is 2.78. The molecule has 7 nitrogen and oxygen atoms in total. The standard InChI is InChI=1S/C23H24N2O5/c1-2-3-4-5-8-14-29-21-13-7-6-10-17(21)16-20-22(24-30-23(20)26)18-11-9-12-19(15-18)25(27)28/h6-7,9-13,15-16H,2-5,8,14H2,1H3. The number of non-ortho nitro benzene ring substituents is 1. The van der Waals surface area contributed by atoms with Crippen LogP contribution in [0.4, 0.5) is 5.69 Å². The van der Waals surface area contributed by atoms with E-state index in [2.05, 4.69) is 12.1 Å². The molecule has 0 saturated carbocycles. The van der Waals surface area contributed by atoms with Crippen molar-refractivity contribution < 1.29 is 19.3 Å². The number of rotatable bonds is 10. The Hall–Kier alpha value is -3.48. The van der Waals surface area contributed by atoms with E-state index in [0.29, 0.717) is 17.9 Å². The maximum Gasteiger partial charge on any atom is 0.368 e. The molecule has 0 aromatic heterocycles. The first-order valence-electron chi connectivity index (χ1n) is 10.1. The summed E-state index contributed by atoms with van der Waals surface area (Å²) in [7, 11) is 0. The van der Waals surface area contributed by atoms with Gasteiger partial charge in [0.25, 0.3) is 5.69 Å². The van der Waals surface area contributed by atoms with Crippen LogP contribution in [0.5, 0.6) is 5.75 Å². The number of nitrogens with zero attached hydrogens (tertiary/aromatic N) is 2. The van der Waals surface area contributed by atoms with Crippen LogP contribution >= 0.6 is 0 Å². The first kappa shape index (κ1) is 21.2. The van der Waals surface area contributed by atoms with Gasteiger partial charge >= 0.3 is 5.97 Å². The molecule has 0 saturated heterocycles. The van der Waals surface area contributed by atoms with Crippen LogP contribution in [-0.2, 0) is 9.63 Å². The summed E-state index contributed by atoms with van der Waals surface area (Å²) in [4.78, 5) is 27.7. The predicted octanol–water partition coefficient (Wildman–Crippen LogP) is 5.29. The lowest BCUT2D eigenvalue weighted by atomic mass is 10.00. The molecule has 3 rings (SSSR count). The molecular formula is C23H24N2O5. The van der Waals surface area contributed by atoms with Gasteiger partial charge in [-0.05, 0) is 18.6 Å². The Labute approximate surface area is 175 Å². The van der Waals surface area contributed by atoms with Crippen LogP contribution in [0.3, 0.4) is 0 Å². The van der Waals surface area contributed by atoms with Gasteiger partial charge in [-0.15, -0.1) is 0 Å². The van der Waals surface area contributed by atoms with Crippen LogP contribution in [0.25, 0.3) is 6.08 Å². The molecule has 0 aliphatic carbocycles. The number of oxime groups is 1. The highest BCUT2D eigenvalue weighted by Gasteiger charge is 2.28. The van der Waals surface area contributed by atoms with Crippen molar-refractivity contribution >= 4 is 23.4 Å². The third kappa shape index (κ3) is 5.31. The van der Waals surface area contributed by atoms with Gasteiger partial charge in [-0.2, -0.15) is 0 Å². The molecule has 156 valence electrons. The number of carbonyl (C=O) groups is 1. The third-order valence-corrected chi connectivity index (χ3v) is 4.75. The van der Waals surface area contributed by atoms with Crippen LogP contribution in [-0.4, -0.2) is 23.2 Å². The fourth-order valence-corrected chi connectivity index (χ4v) is 3.16. The number of para-hydroxylation sites is 1. The minimum Gasteiger partial charge on any atom is -0.493 e. The Morgan fingerprint density at radius 1 is 1.10 bits per heavy atom. The molecule has 30 heavy (non-hydrogen) atoms. The van der Waals surface area contributed by atoms with Gasteiger partial charge in [-0.25, -0.2) is 4.79 Å². The van der Waals surface area contributed by atoms with Crippen LogP contribution in [0.2, 0.25) is 0 Å².